The Hall–Kier alpha value is -0.310. The van der Waals surface area contributed by atoms with Gasteiger partial charge < -0.3 is 4.74 Å². The van der Waals surface area contributed by atoms with Gasteiger partial charge in [-0.25, -0.2) is 9.18 Å². The van der Waals surface area contributed by atoms with Crippen LogP contribution < -0.4 is 0 Å². The summed E-state index contributed by atoms with van der Waals surface area (Å²) in [5, 5.41) is 0. The highest BCUT2D eigenvalue weighted by Crippen LogP contribution is 2.08. The summed E-state index contributed by atoms with van der Waals surface area (Å²) in [5.74, 6) is -0.272. The number of hydrogen-bond acceptors (Lipinski definition) is 2. The van der Waals surface area contributed by atoms with E-state index in [0.717, 1.165) is 19.3 Å². The third kappa shape index (κ3) is 8.30. The van der Waals surface area contributed by atoms with Crippen LogP contribution in [0.4, 0.5) is 4.39 Å². The fraction of sp³-hybridized carbons (Fsp3) is 0.900. The lowest BCUT2D eigenvalue weighted by molar-refractivity contribution is -0.146. The van der Waals surface area contributed by atoms with E-state index in [1.165, 1.54) is 6.42 Å². The summed E-state index contributed by atoms with van der Waals surface area (Å²) in [4.78, 5) is 10.6. The van der Waals surface area contributed by atoms with Crippen LogP contribution in [0.1, 0.15) is 39.5 Å². The zero-order valence-electron chi connectivity index (χ0n) is 8.76. The minimum absolute atomic E-state index is 0.268. The predicted molar refractivity (Wildman–Crippen MR) is 55.0 cm³/mol. The second-order valence-corrected chi connectivity index (χ2v) is 4.09. The Balaban J connectivity index is 3.18. The number of carbonyl (C=O) groups is 1. The molecule has 0 saturated carbocycles. The summed E-state index contributed by atoms with van der Waals surface area (Å²) in [7, 11) is 0. The molecule has 14 heavy (non-hydrogen) atoms. The number of esters is 1. The Kier molecular flexibility index (Phi) is 7.86. The Labute approximate surface area is 89.8 Å². The third-order valence-corrected chi connectivity index (χ3v) is 2.03. The van der Waals surface area contributed by atoms with Crippen LogP contribution in [0.2, 0.25) is 0 Å². The molecule has 0 saturated heterocycles. The van der Waals surface area contributed by atoms with Crippen molar-refractivity contribution < 1.29 is 13.9 Å². The first-order valence-electron chi connectivity index (χ1n) is 4.98. The lowest BCUT2D eigenvalue weighted by Crippen LogP contribution is -2.13. The topological polar surface area (TPSA) is 26.3 Å². The molecule has 0 rings (SSSR count). The first-order chi connectivity index (χ1) is 6.54. The Bertz CT molecular complexity index is 160. The maximum atomic E-state index is 12.1. The zero-order valence-corrected chi connectivity index (χ0v) is 9.52. The normalized spacial score (nSPS) is 12.9. The molecule has 0 N–H and O–H groups in total. The summed E-state index contributed by atoms with van der Waals surface area (Å²) in [6.45, 7) is 4.60. The zero-order chi connectivity index (χ0) is 11.0. The Morgan fingerprint density at radius 1 is 1.36 bits per heavy atom. The van der Waals surface area contributed by atoms with Gasteiger partial charge in [0.2, 0.25) is 0 Å². The SMILES string of the molecule is CC(C)CCCCCOC(=O)C(F)Cl. The molecule has 0 heterocycles. The average Bonchev–Trinajstić information content (AvgIpc) is 2.09. The van der Waals surface area contributed by atoms with E-state index >= 15 is 0 Å². The number of unbranched alkanes of at least 4 members (excludes halogenated alkanes) is 2. The summed E-state index contributed by atoms with van der Waals surface area (Å²) in [6.07, 6.45) is 4.08. The van der Waals surface area contributed by atoms with Gasteiger partial charge in [0, 0.05) is 0 Å². The maximum absolute atomic E-state index is 12.1. The van der Waals surface area contributed by atoms with Crippen LogP contribution in [0.5, 0.6) is 0 Å². The molecule has 0 radical (unpaired) electrons. The van der Waals surface area contributed by atoms with Crippen LogP contribution in [-0.2, 0) is 9.53 Å². The molecule has 0 aliphatic rings. The van der Waals surface area contributed by atoms with Crippen LogP contribution in [0.15, 0.2) is 0 Å². The molecule has 0 aromatic carbocycles. The van der Waals surface area contributed by atoms with Gasteiger partial charge in [0.15, 0.2) is 0 Å². The van der Waals surface area contributed by atoms with E-state index in [-0.39, 0.29) is 6.61 Å². The quantitative estimate of drug-likeness (QED) is 0.377. The van der Waals surface area contributed by atoms with Gasteiger partial charge in [-0.15, -0.1) is 0 Å². The van der Waals surface area contributed by atoms with Gasteiger partial charge in [-0.05, 0) is 12.3 Å². The summed E-state index contributed by atoms with van der Waals surface area (Å²) in [5.41, 5.74) is -2.02. The van der Waals surface area contributed by atoms with E-state index in [1.807, 2.05) is 0 Å². The van der Waals surface area contributed by atoms with Crippen molar-refractivity contribution in [2.24, 2.45) is 5.92 Å². The van der Waals surface area contributed by atoms with Crippen LogP contribution in [-0.4, -0.2) is 18.2 Å². The van der Waals surface area contributed by atoms with Gasteiger partial charge in [0.25, 0.3) is 5.63 Å². The van der Waals surface area contributed by atoms with Crippen molar-refractivity contribution >= 4 is 17.6 Å². The number of alkyl halides is 2. The smallest absolute Gasteiger partial charge is 0.356 e. The summed E-state index contributed by atoms with van der Waals surface area (Å²) in [6, 6.07) is 0. The van der Waals surface area contributed by atoms with E-state index in [0.29, 0.717) is 5.92 Å². The highest BCUT2D eigenvalue weighted by molar-refractivity contribution is 6.28. The van der Waals surface area contributed by atoms with Gasteiger partial charge in [0.1, 0.15) is 0 Å². The minimum Gasteiger partial charge on any atom is -0.463 e. The van der Waals surface area contributed by atoms with Gasteiger partial charge in [0.05, 0.1) is 6.61 Å². The molecular formula is C10H18ClFO2. The molecule has 0 amide bonds. The molecule has 0 bridgehead atoms. The van der Waals surface area contributed by atoms with Crippen LogP contribution >= 0.6 is 11.6 Å². The number of carbonyl (C=O) groups excluding carboxylic acids is 1. The van der Waals surface area contributed by atoms with E-state index < -0.39 is 11.6 Å². The van der Waals surface area contributed by atoms with Crippen molar-refractivity contribution in [3.05, 3.63) is 0 Å². The minimum atomic E-state index is -2.02. The van der Waals surface area contributed by atoms with Crippen molar-refractivity contribution in [2.75, 3.05) is 6.61 Å². The lowest BCUT2D eigenvalue weighted by atomic mass is 10.1. The first kappa shape index (κ1) is 13.7. The van der Waals surface area contributed by atoms with Crippen molar-refractivity contribution in [2.45, 2.75) is 45.2 Å². The van der Waals surface area contributed by atoms with Crippen LogP contribution in [0, 0.1) is 5.92 Å². The van der Waals surface area contributed by atoms with Gasteiger partial charge in [-0.2, -0.15) is 0 Å². The van der Waals surface area contributed by atoms with Crippen molar-refractivity contribution in [1.29, 1.82) is 0 Å². The number of halogens is 2. The maximum Gasteiger partial charge on any atom is 0.356 e. The summed E-state index contributed by atoms with van der Waals surface area (Å²) < 4.78 is 16.6. The van der Waals surface area contributed by atoms with E-state index in [9.17, 15) is 9.18 Å². The monoisotopic (exact) mass is 224 g/mol. The highest BCUT2D eigenvalue weighted by atomic mass is 35.5. The first-order valence-corrected chi connectivity index (χ1v) is 5.42. The van der Waals surface area contributed by atoms with Crippen LogP contribution in [0.25, 0.3) is 0 Å². The molecule has 4 heteroatoms. The Morgan fingerprint density at radius 3 is 2.50 bits per heavy atom. The molecule has 1 atom stereocenters. The molecule has 0 aromatic rings. The molecular weight excluding hydrogens is 207 g/mol. The Morgan fingerprint density at radius 2 is 2.00 bits per heavy atom. The molecule has 0 aliphatic carbocycles. The van der Waals surface area contributed by atoms with Gasteiger partial charge in [-0.1, -0.05) is 44.7 Å². The summed E-state index contributed by atoms with van der Waals surface area (Å²) >= 11 is 4.87. The molecule has 0 fully saturated rings. The van der Waals surface area contributed by atoms with Gasteiger partial charge in [-0.3, -0.25) is 0 Å². The highest BCUT2D eigenvalue weighted by Gasteiger charge is 2.13. The largest absolute Gasteiger partial charge is 0.463 e. The number of rotatable bonds is 7. The van der Waals surface area contributed by atoms with Crippen molar-refractivity contribution in [3.8, 4) is 0 Å². The predicted octanol–water partition coefficient (Wildman–Crippen LogP) is 3.28. The molecule has 1 unspecified atom stereocenters. The molecule has 0 aromatic heterocycles. The fourth-order valence-corrected chi connectivity index (χ4v) is 1.13. The third-order valence-electron chi connectivity index (χ3n) is 1.85. The average molecular weight is 225 g/mol. The van der Waals surface area contributed by atoms with Crippen molar-refractivity contribution in [3.63, 3.8) is 0 Å². The second-order valence-electron chi connectivity index (χ2n) is 3.71. The van der Waals surface area contributed by atoms with E-state index in [2.05, 4.69) is 18.6 Å². The van der Waals surface area contributed by atoms with E-state index in [1.54, 1.807) is 0 Å². The standard InChI is InChI=1S/C10H18ClFO2/c1-8(2)6-4-3-5-7-14-10(13)9(11)12/h8-9H,3-7H2,1-2H3. The molecule has 0 aliphatic heterocycles. The molecule has 84 valence electrons. The lowest BCUT2D eigenvalue weighted by Gasteiger charge is -2.05. The van der Waals surface area contributed by atoms with Crippen molar-refractivity contribution in [1.82, 2.24) is 0 Å². The van der Waals surface area contributed by atoms with Crippen LogP contribution in [0.3, 0.4) is 0 Å². The fourth-order valence-electron chi connectivity index (χ4n) is 1.07. The molecule has 2 nitrogen and oxygen atoms in total. The van der Waals surface area contributed by atoms with E-state index in [4.69, 9.17) is 11.6 Å². The van der Waals surface area contributed by atoms with Gasteiger partial charge >= 0.3 is 5.97 Å². The number of ether oxygens (including phenoxy) is 1. The number of hydrogen-bond donors (Lipinski definition) is 0. The second kappa shape index (κ2) is 8.04. The molecule has 0 spiro atoms.